The number of esters is 3. The summed E-state index contributed by atoms with van der Waals surface area (Å²) >= 11 is 0. The average Bonchev–Trinajstić information content (AvgIpc) is 2.87. The summed E-state index contributed by atoms with van der Waals surface area (Å²) in [6.07, 6.45) is -1.94. The highest BCUT2D eigenvalue weighted by Gasteiger charge is 2.74. The average molecular weight is 435 g/mol. The van der Waals surface area contributed by atoms with Gasteiger partial charge in [-0.2, -0.15) is 0 Å². The van der Waals surface area contributed by atoms with E-state index in [0.29, 0.717) is 5.56 Å². The molecule has 9 heteroatoms. The lowest BCUT2D eigenvalue weighted by atomic mass is 9.80. The SMILES string of the molecule is COC(=O)C(c1ccccc1)N1C(=O)CC(C)(O)C1(C(=O)OC(C)C)C(=O)OC(C)C. The van der Waals surface area contributed by atoms with Crippen LogP contribution in [0.25, 0.3) is 0 Å². The van der Waals surface area contributed by atoms with Gasteiger partial charge in [0.1, 0.15) is 5.60 Å². The molecule has 2 atom stereocenters. The standard InChI is InChI=1S/C22H29NO8/c1-13(2)30-19(26)22(20(27)31-14(3)4)21(5,28)12-16(24)23(22)17(18(25)29-6)15-10-8-7-9-11-15/h7-11,13-14,17,28H,12H2,1-6H3. The summed E-state index contributed by atoms with van der Waals surface area (Å²) in [5.74, 6) is -4.07. The van der Waals surface area contributed by atoms with E-state index in [0.717, 1.165) is 12.0 Å². The number of methoxy groups -OCH3 is 1. The molecule has 1 heterocycles. The molecule has 2 rings (SSSR count). The topological polar surface area (TPSA) is 119 Å². The zero-order chi connectivity index (χ0) is 23.6. The Morgan fingerprint density at radius 3 is 1.90 bits per heavy atom. The smallest absolute Gasteiger partial charge is 0.347 e. The second-order valence-electron chi connectivity index (χ2n) is 8.17. The number of likely N-dealkylation sites (tertiary alicyclic amines) is 1. The van der Waals surface area contributed by atoms with Gasteiger partial charge >= 0.3 is 17.9 Å². The second kappa shape index (κ2) is 9.05. The van der Waals surface area contributed by atoms with Crippen molar-refractivity contribution in [2.75, 3.05) is 7.11 Å². The van der Waals surface area contributed by atoms with Gasteiger partial charge in [0.05, 0.1) is 25.7 Å². The minimum absolute atomic E-state index is 0.291. The predicted molar refractivity (Wildman–Crippen MR) is 108 cm³/mol. The Hall–Kier alpha value is -2.94. The van der Waals surface area contributed by atoms with Crippen molar-refractivity contribution in [3.63, 3.8) is 0 Å². The monoisotopic (exact) mass is 435 g/mol. The summed E-state index contributed by atoms with van der Waals surface area (Å²) in [6, 6.07) is 6.57. The first-order chi connectivity index (χ1) is 14.4. The largest absolute Gasteiger partial charge is 0.467 e. The summed E-state index contributed by atoms with van der Waals surface area (Å²) in [5.41, 5.74) is -4.55. The number of hydrogen-bond acceptors (Lipinski definition) is 8. The van der Waals surface area contributed by atoms with Gasteiger partial charge < -0.3 is 19.3 Å². The Labute approximate surface area is 181 Å². The number of rotatable bonds is 7. The molecule has 0 aromatic heterocycles. The quantitative estimate of drug-likeness (QED) is 0.389. The van der Waals surface area contributed by atoms with E-state index in [9.17, 15) is 24.3 Å². The molecule has 1 aromatic carbocycles. The third kappa shape index (κ3) is 4.27. The van der Waals surface area contributed by atoms with Gasteiger partial charge in [-0.25, -0.2) is 14.4 Å². The first-order valence-corrected chi connectivity index (χ1v) is 9.99. The maximum Gasteiger partial charge on any atom is 0.347 e. The van der Waals surface area contributed by atoms with Crippen molar-refractivity contribution >= 4 is 23.8 Å². The van der Waals surface area contributed by atoms with E-state index in [1.165, 1.54) is 6.92 Å². The number of carbonyl (C=O) groups excluding carboxylic acids is 4. The normalized spacial score (nSPS) is 21.2. The lowest BCUT2D eigenvalue weighted by Crippen LogP contribution is -2.70. The van der Waals surface area contributed by atoms with Crippen LogP contribution in [0.5, 0.6) is 0 Å². The van der Waals surface area contributed by atoms with Gasteiger partial charge in [-0.1, -0.05) is 30.3 Å². The summed E-state index contributed by atoms with van der Waals surface area (Å²) in [6.45, 7) is 7.41. The molecule has 0 bridgehead atoms. The molecule has 31 heavy (non-hydrogen) atoms. The van der Waals surface area contributed by atoms with Crippen LogP contribution in [0.15, 0.2) is 30.3 Å². The maximum atomic E-state index is 13.4. The fourth-order valence-corrected chi connectivity index (χ4v) is 3.75. The molecule has 0 radical (unpaired) electrons. The van der Waals surface area contributed by atoms with Crippen molar-refractivity contribution in [2.24, 2.45) is 0 Å². The second-order valence-corrected chi connectivity index (χ2v) is 8.17. The summed E-state index contributed by atoms with van der Waals surface area (Å²) in [5, 5.41) is 11.2. The van der Waals surface area contributed by atoms with Gasteiger partial charge in [-0.15, -0.1) is 0 Å². The number of benzene rings is 1. The van der Waals surface area contributed by atoms with Gasteiger partial charge in [-0.3, -0.25) is 9.69 Å². The first kappa shape index (κ1) is 24.3. The Kier molecular flexibility index (Phi) is 7.10. The fourth-order valence-electron chi connectivity index (χ4n) is 3.75. The molecular formula is C22H29NO8. The van der Waals surface area contributed by atoms with Crippen molar-refractivity contribution in [3.05, 3.63) is 35.9 Å². The minimum atomic E-state index is -2.62. The molecule has 1 saturated heterocycles. The van der Waals surface area contributed by atoms with E-state index in [1.54, 1.807) is 58.0 Å². The van der Waals surface area contributed by atoms with Crippen molar-refractivity contribution in [2.45, 2.75) is 70.4 Å². The molecular weight excluding hydrogens is 406 g/mol. The summed E-state index contributed by atoms with van der Waals surface area (Å²) in [4.78, 5) is 53.5. The van der Waals surface area contributed by atoms with Crippen LogP contribution in [0.3, 0.4) is 0 Å². The lowest BCUT2D eigenvalue weighted by molar-refractivity contribution is -0.197. The number of nitrogens with zero attached hydrogens (tertiary/aromatic N) is 1. The molecule has 1 aliphatic heterocycles. The number of carbonyl (C=O) groups is 4. The van der Waals surface area contributed by atoms with E-state index in [4.69, 9.17) is 14.2 Å². The first-order valence-electron chi connectivity index (χ1n) is 9.99. The highest BCUT2D eigenvalue weighted by atomic mass is 16.6. The molecule has 0 aliphatic carbocycles. The highest BCUT2D eigenvalue weighted by molar-refractivity contribution is 6.13. The van der Waals surface area contributed by atoms with Gasteiger partial charge in [0.25, 0.3) is 5.54 Å². The van der Waals surface area contributed by atoms with Crippen LogP contribution in [0.1, 0.15) is 52.6 Å². The zero-order valence-corrected chi connectivity index (χ0v) is 18.6. The Morgan fingerprint density at radius 1 is 1.00 bits per heavy atom. The van der Waals surface area contributed by atoms with E-state index in [-0.39, 0.29) is 0 Å². The van der Waals surface area contributed by atoms with Gasteiger partial charge in [0.2, 0.25) is 5.91 Å². The van der Waals surface area contributed by atoms with Crippen LogP contribution in [-0.2, 0) is 33.4 Å². The van der Waals surface area contributed by atoms with Crippen LogP contribution >= 0.6 is 0 Å². The predicted octanol–water partition coefficient (Wildman–Crippen LogP) is 1.53. The minimum Gasteiger partial charge on any atom is -0.467 e. The van der Waals surface area contributed by atoms with Crippen molar-refractivity contribution in [1.82, 2.24) is 4.90 Å². The van der Waals surface area contributed by atoms with E-state index in [2.05, 4.69) is 0 Å². The van der Waals surface area contributed by atoms with Gasteiger partial charge in [-0.05, 0) is 40.2 Å². The Balaban J connectivity index is 2.83. The molecule has 0 spiro atoms. The van der Waals surface area contributed by atoms with Crippen LogP contribution < -0.4 is 0 Å². The van der Waals surface area contributed by atoms with Crippen molar-refractivity contribution < 1.29 is 38.5 Å². The Bertz CT molecular complexity index is 824. The number of ether oxygens (including phenoxy) is 3. The Morgan fingerprint density at radius 2 is 1.48 bits per heavy atom. The molecule has 0 saturated carbocycles. The van der Waals surface area contributed by atoms with E-state index < -0.39 is 59.6 Å². The molecule has 1 amide bonds. The van der Waals surface area contributed by atoms with Crippen molar-refractivity contribution in [1.29, 1.82) is 0 Å². The van der Waals surface area contributed by atoms with Crippen molar-refractivity contribution in [3.8, 4) is 0 Å². The fraction of sp³-hybridized carbons (Fsp3) is 0.545. The summed E-state index contributed by atoms with van der Waals surface area (Å²) < 4.78 is 15.5. The molecule has 1 aromatic rings. The molecule has 1 N–H and O–H groups in total. The molecule has 9 nitrogen and oxygen atoms in total. The van der Waals surface area contributed by atoms with Crippen LogP contribution in [0.2, 0.25) is 0 Å². The van der Waals surface area contributed by atoms with E-state index >= 15 is 0 Å². The van der Waals surface area contributed by atoms with Crippen LogP contribution in [-0.4, -0.2) is 64.3 Å². The molecule has 2 unspecified atom stereocenters. The van der Waals surface area contributed by atoms with Crippen LogP contribution in [0.4, 0.5) is 0 Å². The highest BCUT2D eigenvalue weighted by Crippen LogP contribution is 2.46. The number of amides is 1. The van der Waals surface area contributed by atoms with Crippen LogP contribution in [0, 0.1) is 0 Å². The van der Waals surface area contributed by atoms with Gasteiger partial charge in [0, 0.05) is 0 Å². The number of hydrogen-bond donors (Lipinski definition) is 1. The summed E-state index contributed by atoms with van der Waals surface area (Å²) in [7, 11) is 1.12. The molecule has 170 valence electrons. The lowest BCUT2D eigenvalue weighted by Gasteiger charge is -2.43. The maximum absolute atomic E-state index is 13.4. The molecule has 1 fully saturated rings. The third-order valence-corrected chi connectivity index (χ3v) is 4.98. The van der Waals surface area contributed by atoms with Gasteiger partial charge in [0.15, 0.2) is 6.04 Å². The number of aliphatic hydroxyl groups is 1. The third-order valence-electron chi connectivity index (χ3n) is 4.98. The van der Waals surface area contributed by atoms with E-state index in [1.807, 2.05) is 0 Å². The zero-order valence-electron chi connectivity index (χ0n) is 18.6. The molecule has 1 aliphatic rings.